The van der Waals surface area contributed by atoms with Gasteiger partial charge in [-0.3, -0.25) is 10.1 Å². The third-order valence-electron chi connectivity index (χ3n) is 4.39. The van der Waals surface area contributed by atoms with Crippen molar-refractivity contribution in [2.45, 2.75) is 26.2 Å². The number of benzene rings is 2. The molecule has 3 rings (SSSR count). The number of rotatable bonds is 3. The molecular formula is C18H19NO3. The monoisotopic (exact) mass is 297 g/mol. The van der Waals surface area contributed by atoms with Crippen molar-refractivity contribution in [1.82, 2.24) is 0 Å². The number of hydrogen-bond acceptors (Lipinski definition) is 3. The van der Waals surface area contributed by atoms with Crippen molar-refractivity contribution < 1.29 is 9.66 Å². The second kappa shape index (κ2) is 5.79. The highest BCUT2D eigenvalue weighted by molar-refractivity contribution is 5.75. The normalized spacial score (nSPS) is 16.9. The van der Waals surface area contributed by atoms with Gasteiger partial charge in [0.15, 0.2) is 0 Å². The number of nitro groups is 1. The molecule has 1 unspecified atom stereocenters. The maximum absolute atomic E-state index is 11.4. The van der Waals surface area contributed by atoms with Gasteiger partial charge in [-0.25, -0.2) is 0 Å². The Labute approximate surface area is 129 Å². The fraction of sp³-hybridized carbons (Fsp3) is 0.333. The van der Waals surface area contributed by atoms with Gasteiger partial charge in [-0.1, -0.05) is 25.1 Å². The van der Waals surface area contributed by atoms with Gasteiger partial charge >= 0.3 is 0 Å². The average Bonchev–Trinajstić information content (AvgIpc) is 2.53. The summed E-state index contributed by atoms with van der Waals surface area (Å²) in [4.78, 5) is 11.0. The third kappa shape index (κ3) is 2.69. The predicted molar refractivity (Wildman–Crippen MR) is 86.3 cm³/mol. The fourth-order valence-corrected chi connectivity index (χ4v) is 3.14. The lowest BCUT2D eigenvalue weighted by molar-refractivity contribution is -0.384. The van der Waals surface area contributed by atoms with Crippen LogP contribution in [-0.2, 0) is 12.8 Å². The second-order valence-electron chi connectivity index (χ2n) is 5.97. The van der Waals surface area contributed by atoms with Crippen molar-refractivity contribution in [1.29, 1.82) is 0 Å². The molecule has 1 aliphatic rings. The Hall–Kier alpha value is -2.36. The first-order valence-electron chi connectivity index (χ1n) is 7.53. The molecule has 0 aliphatic heterocycles. The summed E-state index contributed by atoms with van der Waals surface area (Å²) < 4.78 is 5.10. The van der Waals surface area contributed by atoms with Crippen LogP contribution in [0.2, 0.25) is 0 Å². The van der Waals surface area contributed by atoms with Crippen molar-refractivity contribution in [3.8, 4) is 16.9 Å². The van der Waals surface area contributed by atoms with Gasteiger partial charge in [0.05, 0.1) is 23.7 Å². The summed E-state index contributed by atoms with van der Waals surface area (Å²) in [6.45, 7) is 2.26. The lowest BCUT2D eigenvalue weighted by atomic mass is 9.83. The largest absolute Gasteiger partial charge is 0.497 e. The lowest BCUT2D eigenvalue weighted by Crippen LogP contribution is -2.11. The van der Waals surface area contributed by atoms with E-state index in [4.69, 9.17) is 4.74 Å². The topological polar surface area (TPSA) is 52.4 Å². The standard InChI is InChI=1S/C18H19NO3/c1-12-3-4-13-5-6-14(10-15(13)9-12)17-8-7-16(22-2)11-18(17)19(20)21/h5-8,10-12H,3-4,9H2,1-2H3. The molecule has 0 N–H and O–H groups in total. The summed E-state index contributed by atoms with van der Waals surface area (Å²) in [6.07, 6.45) is 3.36. The quantitative estimate of drug-likeness (QED) is 0.623. The Kier molecular flexibility index (Phi) is 3.84. The van der Waals surface area contributed by atoms with Gasteiger partial charge in [-0.2, -0.15) is 0 Å². The molecule has 0 saturated heterocycles. The molecular weight excluding hydrogens is 278 g/mol. The number of hydrogen-bond donors (Lipinski definition) is 0. The van der Waals surface area contributed by atoms with Gasteiger partial charge in [0.25, 0.3) is 5.69 Å². The summed E-state index contributed by atoms with van der Waals surface area (Å²) in [5.41, 5.74) is 4.33. The van der Waals surface area contributed by atoms with Crippen LogP contribution in [0.4, 0.5) is 5.69 Å². The van der Waals surface area contributed by atoms with Crippen molar-refractivity contribution in [3.05, 3.63) is 57.6 Å². The fourth-order valence-electron chi connectivity index (χ4n) is 3.14. The summed E-state index contributed by atoms with van der Waals surface area (Å²) in [6, 6.07) is 11.2. The first-order chi connectivity index (χ1) is 10.6. The molecule has 0 bridgehead atoms. The first kappa shape index (κ1) is 14.6. The molecule has 0 radical (unpaired) electrons. The zero-order valence-electron chi connectivity index (χ0n) is 12.8. The van der Waals surface area contributed by atoms with E-state index < -0.39 is 0 Å². The van der Waals surface area contributed by atoms with E-state index in [0.29, 0.717) is 17.2 Å². The number of fused-ring (bicyclic) bond motifs is 1. The molecule has 0 amide bonds. The van der Waals surface area contributed by atoms with E-state index >= 15 is 0 Å². The zero-order chi connectivity index (χ0) is 15.7. The number of nitro benzene ring substituents is 1. The van der Waals surface area contributed by atoms with Crippen LogP contribution in [0.5, 0.6) is 5.75 Å². The average molecular weight is 297 g/mol. The Morgan fingerprint density at radius 1 is 1.18 bits per heavy atom. The Morgan fingerprint density at radius 2 is 2.00 bits per heavy atom. The second-order valence-corrected chi connectivity index (χ2v) is 5.97. The SMILES string of the molecule is COc1ccc(-c2ccc3c(c2)CC(C)CC3)c([N+](=O)[O-])c1. The maximum atomic E-state index is 11.4. The van der Waals surface area contributed by atoms with Crippen molar-refractivity contribution in [2.24, 2.45) is 5.92 Å². The van der Waals surface area contributed by atoms with E-state index in [2.05, 4.69) is 19.1 Å². The molecule has 0 fully saturated rings. The van der Waals surface area contributed by atoms with Crippen molar-refractivity contribution in [3.63, 3.8) is 0 Å². The molecule has 1 atom stereocenters. The van der Waals surface area contributed by atoms with Gasteiger partial charge < -0.3 is 4.74 Å². The first-order valence-corrected chi connectivity index (χ1v) is 7.53. The highest BCUT2D eigenvalue weighted by atomic mass is 16.6. The smallest absolute Gasteiger partial charge is 0.280 e. The zero-order valence-corrected chi connectivity index (χ0v) is 12.8. The Morgan fingerprint density at radius 3 is 2.73 bits per heavy atom. The number of methoxy groups -OCH3 is 1. The third-order valence-corrected chi connectivity index (χ3v) is 4.39. The molecule has 0 aromatic heterocycles. The lowest BCUT2D eigenvalue weighted by Gasteiger charge is -2.22. The highest BCUT2D eigenvalue weighted by Crippen LogP contribution is 2.35. The van der Waals surface area contributed by atoms with Crippen LogP contribution < -0.4 is 4.74 Å². The predicted octanol–water partition coefficient (Wildman–Crippen LogP) is 4.40. The van der Waals surface area contributed by atoms with Crippen LogP contribution in [0.25, 0.3) is 11.1 Å². The molecule has 0 saturated carbocycles. The minimum atomic E-state index is -0.347. The van der Waals surface area contributed by atoms with Crippen LogP contribution in [0.15, 0.2) is 36.4 Å². The molecule has 22 heavy (non-hydrogen) atoms. The molecule has 2 aromatic rings. The van der Waals surface area contributed by atoms with E-state index in [1.54, 1.807) is 12.1 Å². The molecule has 4 heteroatoms. The number of aryl methyl sites for hydroxylation is 1. The van der Waals surface area contributed by atoms with E-state index in [9.17, 15) is 10.1 Å². The number of ether oxygens (including phenoxy) is 1. The summed E-state index contributed by atoms with van der Waals surface area (Å²) in [7, 11) is 1.51. The molecule has 0 heterocycles. The minimum Gasteiger partial charge on any atom is -0.497 e. The minimum absolute atomic E-state index is 0.0863. The number of nitrogens with zero attached hydrogens (tertiary/aromatic N) is 1. The van der Waals surface area contributed by atoms with Crippen molar-refractivity contribution >= 4 is 5.69 Å². The van der Waals surface area contributed by atoms with Gasteiger partial charge in [0.1, 0.15) is 5.75 Å². The van der Waals surface area contributed by atoms with Crippen LogP contribution in [0, 0.1) is 16.0 Å². The van der Waals surface area contributed by atoms with E-state index in [-0.39, 0.29) is 10.6 Å². The molecule has 2 aromatic carbocycles. The van der Waals surface area contributed by atoms with Gasteiger partial charge in [-0.05, 0) is 54.0 Å². The Balaban J connectivity index is 2.08. The molecule has 0 spiro atoms. The van der Waals surface area contributed by atoms with Gasteiger partial charge in [0, 0.05) is 0 Å². The van der Waals surface area contributed by atoms with Crippen LogP contribution in [-0.4, -0.2) is 12.0 Å². The maximum Gasteiger partial charge on any atom is 0.280 e. The van der Waals surface area contributed by atoms with Gasteiger partial charge in [-0.15, -0.1) is 0 Å². The summed E-state index contributed by atoms with van der Waals surface area (Å²) in [5, 5.41) is 11.4. The van der Waals surface area contributed by atoms with E-state index in [0.717, 1.165) is 18.4 Å². The Bertz CT molecular complexity index is 724. The van der Waals surface area contributed by atoms with Crippen LogP contribution >= 0.6 is 0 Å². The van der Waals surface area contributed by atoms with Gasteiger partial charge in [0.2, 0.25) is 0 Å². The van der Waals surface area contributed by atoms with E-state index in [1.807, 2.05) is 6.07 Å². The summed E-state index contributed by atoms with van der Waals surface area (Å²) in [5.74, 6) is 1.18. The highest BCUT2D eigenvalue weighted by Gasteiger charge is 2.20. The molecule has 1 aliphatic carbocycles. The van der Waals surface area contributed by atoms with Crippen LogP contribution in [0.1, 0.15) is 24.5 Å². The van der Waals surface area contributed by atoms with E-state index in [1.165, 1.54) is 30.7 Å². The molecule has 114 valence electrons. The summed E-state index contributed by atoms with van der Waals surface area (Å²) >= 11 is 0. The molecule has 4 nitrogen and oxygen atoms in total. The van der Waals surface area contributed by atoms with Crippen molar-refractivity contribution in [2.75, 3.05) is 7.11 Å². The van der Waals surface area contributed by atoms with Crippen LogP contribution in [0.3, 0.4) is 0 Å².